The van der Waals surface area contributed by atoms with Gasteiger partial charge in [-0.2, -0.15) is 0 Å². The third kappa shape index (κ3) is 5.50. The molecule has 0 bridgehead atoms. The van der Waals surface area contributed by atoms with Crippen LogP contribution in [-0.2, 0) is 5.41 Å². The Labute approximate surface area is 355 Å². The molecule has 0 spiro atoms. The quantitative estimate of drug-likeness (QED) is 0.160. The van der Waals surface area contributed by atoms with Crippen LogP contribution in [0.3, 0.4) is 0 Å². The van der Waals surface area contributed by atoms with Gasteiger partial charge in [-0.25, -0.2) is 0 Å². The maximum absolute atomic E-state index is 6.97. The second-order valence-electron chi connectivity index (χ2n) is 16.0. The Kier molecular flexibility index (Phi) is 8.11. The number of rotatable bonds is 7. The summed E-state index contributed by atoms with van der Waals surface area (Å²) in [6.07, 6.45) is 0. The van der Waals surface area contributed by atoms with Crippen LogP contribution in [0.2, 0.25) is 0 Å². The lowest BCUT2D eigenvalue weighted by Crippen LogP contribution is -2.28. The van der Waals surface area contributed by atoms with Crippen LogP contribution in [0.5, 0.6) is 0 Å². The molecule has 0 radical (unpaired) electrons. The minimum Gasteiger partial charge on any atom is -0.455 e. The van der Waals surface area contributed by atoms with Gasteiger partial charge >= 0.3 is 0 Å². The second kappa shape index (κ2) is 14.1. The van der Waals surface area contributed by atoms with E-state index in [-0.39, 0.29) is 0 Å². The van der Waals surface area contributed by atoms with E-state index in [9.17, 15) is 0 Å². The highest BCUT2D eigenvalue weighted by Gasteiger charge is 2.45. The van der Waals surface area contributed by atoms with Crippen LogP contribution in [0.1, 0.15) is 22.3 Å². The van der Waals surface area contributed by atoms with E-state index in [2.05, 4.69) is 241 Å². The Morgan fingerprint density at radius 2 is 0.852 bits per heavy atom. The van der Waals surface area contributed by atoms with Gasteiger partial charge in [-0.3, -0.25) is 0 Å². The third-order valence-electron chi connectivity index (χ3n) is 12.7. The van der Waals surface area contributed by atoms with E-state index in [1.54, 1.807) is 0 Å². The van der Waals surface area contributed by atoms with Gasteiger partial charge in [0.25, 0.3) is 0 Å². The smallest absolute Gasteiger partial charge is 0.143 e. The van der Waals surface area contributed by atoms with Crippen molar-refractivity contribution in [3.05, 3.63) is 259 Å². The molecule has 1 aliphatic rings. The largest absolute Gasteiger partial charge is 0.455 e. The topological polar surface area (TPSA) is 16.4 Å². The van der Waals surface area contributed by atoms with Crippen molar-refractivity contribution < 1.29 is 4.42 Å². The molecule has 2 nitrogen and oxygen atoms in total. The average Bonchev–Trinajstić information content (AvgIpc) is 3.87. The third-order valence-corrected chi connectivity index (χ3v) is 12.7. The number of fused-ring (bicyclic) bond motifs is 8. The first-order chi connectivity index (χ1) is 30.3. The molecule has 0 amide bonds. The molecule has 1 aromatic heterocycles. The van der Waals surface area contributed by atoms with Gasteiger partial charge < -0.3 is 9.32 Å². The molecule has 11 aromatic rings. The summed E-state index contributed by atoms with van der Waals surface area (Å²) < 4.78 is 6.97. The average molecular weight is 778 g/mol. The molecule has 10 aromatic carbocycles. The Bertz CT molecular complexity index is 3340. The van der Waals surface area contributed by atoms with Crippen molar-refractivity contribution in [1.29, 1.82) is 0 Å². The summed E-state index contributed by atoms with van der Waals surface area (Å²) in [6.45, 7) is 0. The molecule has 286 valence electrons. The van der Waals surface area contributed by atoms with Crippen molar-refractivity contribution in [3.8, 4) is 33.4 Å². The SMILES string of the molecule is c1ccc(-c2ccc(N(c3ccc(C4(c5ccccc5)c5ccccc5-c5ccccc54)cc3)c3ccc4c(c3)oc3c(-c5ccccc5)cc5ccccc5c34)cc2)cc1. The summed E-state index contributed by atoms with van der Waals surface area (Å²) in [6, 6.07) is 85.8. The molecule has 0 N–H and O–H groups in total. The lowest BCUT2D eigenvalue weighted by molar-refractivity contribution is 0.670. The van der Waals surface area contributed by atoms with E-state index in [0.717, 1.165) is 50.1 Å². The maximum Gasteiger partial charge on any atom is 0.143 e. The fourth-order valence-electron chi connectivity index (χ4n) is 10.0. The molecule has 0 aliphatic heterocycles. The van der Waals surface area contributed by atoms with Crippen LogP contribution >= 0.6 is 0 Å². The lowest BCUT2D eigenvalue weighted by Gasteiger charge is -2.34. The summed E-state index contributed by atoms with van der Waals surface area (Å²) in [5.41, 5.74) is 16.7. The van der Waals surface area contributed by atoms with Crippen molar-refractivity contribution in [2.75, 3.05) is 4.90 Å². The van der Waals surface area contributed by atoms with E-state index < -0.39 is 5.41 Å². The van der Waals surface area contributed by atoms with E-state index >= 15 is 0 Å². The highest BCUT2D eigenvalue weighted by molar-refractivity contribution is 6.22. The van der Waals surface area contributed by atoms with Crippen molar-refractivity contribution in [2.24, 2.45) is 0 Å². The van der Waals surface area contributed by atoms with Crippen LogP contribution in [0.4, 0.5) is 17.1 Å². The van der Waals surface area contributed by atoms with Crippen LogP contribution in [0.15, 0.2) is 241 Å². The fourth-order valence-corrected chi connectivity index (χ4v) is 10.0. The summed E-state index contributed by atoms with van der Waals surface area (Å²) in [4.78, 5) is 2.35. The zero-order valence-corrected chi connectivity index (χ0v) is 33.4. The Hall–Kier alpha value is -7.94. The predicted octanol–water partition coefficient (Wildman–Crippen LogP) is 15.9. The molecule has 0 atom stereocenters. The standard InChI is InChI=1S/C59H39NO/c1-4-16-40(17-5-1)41-28-32-46(33-29-41)60(48-36-37-52-56(39-48)61-58-53(42-18-6-2-7-19-42)38-43-20-10-11-23-49(43)57(52)58)47-34-30-45(31-35-47)59(44-21-8-3-9-22-44)54-26-14-12-24-50(54)51-25-13-15-27-55(51)59/h1-39H. The number of benzene rings is 10. The first kappa shape index (κ1) is 35.0. The number of hydrogen-bond acceptors (Lipinski definition) is 2. The molecule has 0 fully saturated rings. The van der Waals surface area contributed by atoms with Crippen molar-refractivity contribution in [2.45, 2.75) is 5.41 Å². The van der Waals surface area contributed by atoms with E-state index in [1.165, 1.54) is 55.3 Å². The van der Waals surface area contributed by atoms with Gasteiger partial charge in [-0.1, -0.05) is 188 Å². The molecule has 1 aliphatic carbocycles. The van der Waals surface area contributed by atoms with Gasteiger partial charge in [0, 0.05) is 39.5 Å². The van der Waals surface area contributed by atoms with Gasteiger partial charge in [-0.05, 0) is 103 Å². The van der Waals surface area contributed by atoms with Gasteiger partial charge in [0.15, 0.2) is 0 Å². The zero-order valence-electron chi connectivity index (χ0n) is 33.4. The summed E-state index contributed by atoms with van der Waals surface area (Å²) in [7, 11) is 0. The number of nitrogens with zero attached hydrogens (tertiary/aromatic N) is 1. The highest BCUT2D eigenvalue weighted by Crippen LogP contribution is 2.56. The van der Waals surface area contributed by atoms with Crippen molar-refractivity contribution in [1.82, 2.24) is 0 Å². The molecule has 12 rings (SSSR count). The van der Waals surface area contributed by atoms with Crippen LogP contribution in [-0.4, -0.2) is 0 Å². The normalized spacial score (nSPS) is 12.7. The first-order valence-corrected chi connectivity index (χ1v) is 21.0. The predicted molar refractivity (Wildman–Crippen MR) is 254 cm³/mol. The van der Waals surface area contributed by atoms with Crippen LogP contribution in [0, 0.1) is 0 Å². The van der Waals surface area contributed by atoms with Crippen molar-refractivity contribution >= 4 is 49.8 Å². The molecule has 61 heavy (non-hydrogen) atoms. The Balaban J connectivity index is 1.05. The van der Waals surface area contributed by atoms with Gasteiger partial charge in [0.2, 0.25) is 0 Å². The van der Waals surface area contributed by atoms with E-state index in [4.69, 9.17) is 4.42 Å². The van der Waals surface area contributed by atoms with E-state index in [1.807, 2.05) is 0 Å². The van der Waals surface area contributed by atoms with Crippen LogP contribution < -0.4 is 4.90 Å². The fraction of sp³-hybridized carbons (Fsp3) is 0.0169. The van der Waals surface area contributed by atoms with E-state index in [0.29, 0.717) is 0 Å². The lowest BCUT2D eigenvalue weighted by atomic mass is 9.68. The number of furan rings is 1. The summed E-state index contributed by atoms with van der Waals surface area (Å²) in [5.74, 6) is 0. The molecule has 0 saturated carbocycles. The number of hydrogen-bond donors (Lipinski definition) is 0. The molecular formula is C59H39NO. The zero-order chi connectivity index (χ0) is 40.3. The van der Waals surface area contributed by atoms with Gasteiger partial charge in [-0.15, -0.1) is 0 Å². The monoisotopic (exact) mass is 777 g/mol. The Morgan fingerprint density at radius 1 is 0.344 bits per heavy atom. The molecule has 0 saturated heterocycles. The number of anilines is 3. The second-order valence-corrected chi connectivity index (χ2v) is 16.0. The summed E-state index contributed by atoms with van der Waals surface area (Å²) in [5, 5.41) is 4.63. The molecule has 0 unspecified atom stereocenters. The minimum atomic E-state index is -0.471. The first-order valence-electron chi connectivity index (χ1n) is 21.0. The highest BCUT2D eigenvalue weighted by atomic mass is 16.3. The molecular weight excluding hydrogens is 739 g/mol. The van der Waals surface area contributed by atoms with Crippen molar-refractivity contribution in [3.63, 3.8) is 0 Å². The van der Waals surface area contributed by atoms with Gasteiger partial charge in [0.05, 0.1) is 5.41 Å². The Morgan fingerprint density at radius 3 is 1.52 bits per heavy atom. The van der Waals surface area contributed by atoms with Crippen LogP contribution in [0.25, 0.3) is 66.1 Å². The van der Waals surface area contributed by atoms with Gasteiger partial charge in [0.1, 0.15) is 11.2 Å². The minimum absolute atomic E-state index is 0.471. The maximum atomic E-state index is 6.97. The molecule has 1 heterocycles. The molecule has 2 heteroatoms. The summed E-state index contributed by atoms with van der Waals surface area (Å²) >= 11 is 0.